The average Bonchev–Trinajstić information content (AvgIpc) is 2.53. The van der Waals surface area contributed by atoms with Crippen molar-refractivity contribution in [1.29, 1.82) is 0 Å². The molecule has 2 N–H and O–H groups in total. The van der Waals surface area contributed by atoms with Crippen LogP contribution in [0, 0.1) is 5.92 Å². The molecule has 0 aliphatic carbocycles. The zero-order valence-corrected chi connectivity index (χ0v) is 9.95. The molecule has 0 saturated heterocycles. The van der Waals surface area contributed by atoms with Gasteiger partial charge in [0.15, 0.2) is 0 Å². The molecule has 14 heavy (non-hydrogen) atoms. The monoisotopic (exact) mass is 213 g/mol. The van der Waals surface area contributed by atoms with Crippen molar-refractivity contribution < 1.29 is 0 Å². The molecule has 0 aliphatic heterocycles. The molecular weight excluding hydrogens is 194 g/mol. The number of hydrogen-bond donors (Lipinski definition) is 2. The molecule has 0 aromatic carbocycles. The van der Waals surface area contributed by atoms with Crippen LogP contribution in [-0.4, -0.2) is 22.8 Å². The predicted molar refractivity (Wildman–Crippen MR) is 62.4 cm³/mol. The highest BCUT2D eigenvalue weighted by Gasteiger charge is 1.99. The van der Waals surface area contributed by atoms with Crippen molar-refractivity contribution in [2.45, 2.75) is 26.1 Å². The molecule has 3 nitrogen and oxygen atoms in total. The van der Waals surface area contributed by atoms with Gasteiger partial charge in [-0.05, 0) is 18.7 Å². The van der Waals surface area contributed by atoms with E-state index in [0.717, 1.165) is 24.7 Å². The first kappa shape index (κ1) is 11.6. The summed E-state index contributed by atoms with van der Waals surface area (Å²) in [6.07, 6.45) is 4.00. The maximum atomic E-state index is 4.29. The lowest BCUT2D eigenvalue weighted by Crippen LogP contribution is -2.19. The van der Waals surface area contributed by atoms with E-state index < -0.39 is 0 Å². The first-order valence-electron chi connectivity index (χ1n) is 4.94. The van der Waals surface area contributed by atoms with Gasteiger partial charge in [0.25, 0.3) is 0 Å². The molecule has 4 heteroatoms. The third-order valence-corrected chi connectivity index (χ3v) is 2.39. The molecule has 1 aromatic rings. The van der Waals surface area contributed by atoms with Gasteiger partial charge in [-0.25, -0.2) is 4.98 Å². The van der Waals surface area contributed by atoms with Gasteiger partial charge >= 0.3 is 0 Å². The van der Waals surface area contributed by atoms with E-state index in [4.69, 9.17) is 0 Å². The van der Waals surface area contributed by atoms with E-state index in [1.807, 2.05) is 6.20 Å². The minimum atomic E-state index is 0.698. The summed E-state index contributed by atoms with van der Waals surface area (Å²) < 4.78 is 0. The smallest absolute Gasteiger partial charge is 0.116 e. The highest BCUT2D eigenvalue weighted by Crippen LogP contribution is 2.05. The SMILES string of the molecule is CSCc1ncc(CNCC(C)C)[nH]1. The Balaban J connectivity index is 2.28. The van der Waals surface area contributed by atoms with Crippen LogP contribution >= 0.6 is 11.8 Å². The Hall–Kier alpha value is -0.480. The van der Waals surface area contributed by atoms with E-state index in [1.54, 1.807) is 11.8 Å². The number of nitrogens with one attached hydrogen (secondary N) is 2. The second-order valence-electron chi connectivity index (χ2n) is 3.81. The molecule has 1 heterocycles. The Morgan fingerprint density at radius 2 is 2.36 bits per heavy atom. The standard InChI is InChI=1S/C10H19N3S/c1-8(2)4-11-5-9-6-12-10(13-9)7-14-3/h6,8,11H,4-5,7H2,1-3H3,(H,12,13). The number of H-pyrrole nitrogens is 1. The number of aromatic nitrogens is 2. The molecule has 0 radical (unpaired) electrons. The number of thioether (sulfide) groups is 1. The van der Waals surface area contributed by atoms with Crippen LogP contribution in [0.3, 0.4) is 0 Å². The van der Waals surface area contributed by atoms with Crippen LogP contribution in [0.2, 0.25) is 0 Å². The average molecular weight is 213 g/mol. The third kappa shape index (κ3) is 4.15. The summed E-state index contributed by atoms with van der Waals surface area (Å²) in [6.45, 7) is 6.36. The molecular formula is C10H19N3S. The largest absolute Gasteiger partial charge is 0.344 e. The van der Waals surface area contributed by atoms with Gasteiger partial charge in [0.2, 0.25) is 0 Å². The van der Waals surface area contributed by atoms with Gasteiger partial charge in [-0.2, -0.15) is 11.8 Å². The second kappa shape index (κ2) is 6.09. The summed E-state index contributed by atoms with van der Waals surface area (Å²) in [7, 11) is 0. The topological polar surface area (TPSA) is 40.7 Å². The Morgan fingerprint density at radius 1 is 1.57 bits per heavy atom. The van der Waals surface area contributed by atoms with E-state index in [2.05, 4.69) is 35.4 Å². The fraction of sp³-hybridized carbons (Fsp3) is 0.700. The van der Waals surface area contributed by atoms with E-state index in [0.29, 0.717) is 5.92 Å². The zero-order chi connectivity index (χ0) is 10.4. The van der Waals surface area contributed by atoms with Crippen molar-refractivity contribution >= 4 is 11.8 Å². The van der Waals surface area contributed by atoms with Gasteiger partial charge in [-0.15, -0.1) is 0 Å². The van der Waals surface area contributed by atoms with Crippen molar-refractivity contribution in [2.75, 3.05) is 12.8 Å². The number of hydrogen-bond acceptors (Lipinski definition) is 3. The Bertz CT molecular complexity index is 258. The molecule has 1 rings (SSSR count). The summed E-state index contributed by atoms with van der Waals surface area (Å²) in [4.78, 5) is 7.58. The summed E-state index contributed by atoms with van der Waals surface area (Å²) in [5.41, 5.74) is 1.18. The van der Waals surface area contributed by atoms with Crippen LogP contribution in [0.15, 0.2) is 6.20 Å². The summed E-state index contributed by atoms with van der Waals surface area (Å²) in [5, 5.41) is 3.38. The minimum Gasteiger partial charge on any atom is -0.344 e. The fourth-order valence-corrected chi connectivity index (χ4v) is 1.62. The molecule has 0 amide bonds. The lowest BCUT2D eigenvalue weighted by molar-refractivity contribution is 0.549. The highest BCUT2D eigenvalue weighted by atomic mass is 32.2. The van der Waals surface area contributed by atoms with E-state index in [-0.39, 0.29) is 0 Å². The van der Waals surface area contributed by atoms with Crippen molar-refractivity contribution in [3.8, 4) is 0 Å². The molecule has 0 aliphatic rings. The van der Waals surface area contributed by atoms with Gasteiger partial charge in [0, 0.05) is 18.4 Å². The van der Waals surface area contributed by atoms with Crippen LogP contribution < -0.4 is 5.32 Å². The summed E-state index contributed by atoms with van der Waals surface area (Å²) >= 11 is 1.78. The summed E-state index contributed by atoms with van der Waals surface area (Å²) in [5.74, 6) is 2.73. The van der Waals surface area contributed by atoms with Crippen LogP contribution in [0.4, 0.5) is 0 Å². The van der Waals surface area contributed by atoms with Gasteiger partial charge in [-0.1, -0.05) is 13.8 Å². The van der Waals surface area contributed by atoms with Crippen LogP contribution in [0.1, 0.15) is 25.4 Å². The molecule has 80 valence electrons. The van der Waals surface area contributed by atoms with Crippen molar-refractivity contribution in [3.63, 3.8) is 0 Å². The number of rotatable bonds is 6. The third-order valence-electron chi connectivity index (χ3n) is 1.83. The number of nitrogens with zero attached hydrogens (tertiary/aromatic N) is 1. The number of imidazole rings is 1. The maximum Gasteiger partial charge on any atom is 0.116 e. The Morgan fingerprint density at radius 3 is 3.00 bits per heavy atom. The normalized spacial score (nSPS) is 11.1. The fourth-order valence-electron chi connectivity index (χ4n) is 1.20. The summed E-state index contributed by atoms with van der Waals surface area (Å²) in [6, 6.07) is 0. The van der Waals surface area contributed by atoms with E-state index in [1.165, 1.54) is 5.69 Å². The molecule has 0 bridgehead atoms. The van der Waals surface area contributed by atoms with Crippen molar-refractivity contribution in [3.05, 3.63) is 17.7 Å². The molecule has 1 aromatic heterocycles. The van der Waals surface area contributed by atoms with Crippen LogP contribution in [0.25, 0.3) is 0 Å². The lowest BCUT2D eigenvalue weighted by Gasteiger charge is -2.05. The van der Waals surface area contributed by atoms with Gasteiger partial charge in [0.1, 0.15) is 5.82 Å². The quantitative estimate of drug-likeness (QED) is 0.759. The first-order valence-corrected chi connectivity index (χ1v) is 6.34. The highest BCUT2D eigenvalue weighted by molar-refractivity contribution is 7.97. The van der Waals surface area contributed by atoms with Gasteiger partial charge in [-0.3, -0.25) is 0 Å². The molecule has 0 saturated carbocycles. The molecule has 0 unspecified atom stereocenters. The number of aromatic amines is 1. The minimum absolute atomic E-state index is 0.698. The van der Waals surface area contributed by atoms with Crippen LogP contribution in [0.5, 0.6) is 0 Å². The lowest BCUT2D eigenvalue weighted by atomic mass is 10.2. The Labute approximate surface area is 90.1 Å². The van der Waals surface area contributed by atoms with Crippen molar-refractivity contribution in [2.24, 2.45) is 5.92 Å². The van der Waals surface area contributed by atoms with E-state index in [9.17, 15) is 0 Å². The zero-order valence-electron chi connectivity index (χ0n) is 9.13. The maximum absolute atomic E-state index is 4.29. The molecule has 0 spiro atoms. The molecule has 0 atom stereocenters. The molecule has 0 fully saturated rings. The van der Waals surface area contributed by atoms with E-state index >= 15 is 0 Å². The first-order chi connectivity index (χ1) is 6.72. The second-order valence-corrected chi connectivity index (χ2v) is 4.68. The predicted octanol–water partition coefficient (Wildman–Crippen LogP) is 2.02. The Kier molecular flexibility index (Phi) is 5.04. The van der Waals surface area contributed by atoms with Gasteiger partial charge < -0.3 is 10.3 Å². The van der Waals surface area contributed by atoms with Gasteiger partial charge in [0.05, 0.1) is 5.75 Å². The van der Waals surface area contributed by atoms with Crippen LogP contribution in [-0.2, 0) is 12.3 Å². The van der Waals surface area contributed by atoms with Crippen molar-refractivity contribution in [1.82, 2.24) is 15.3 Å².